The predicted molar refractivity (Wildman–Crippen MR) is 110 cm³/mol. The lowest BCUT2D eigenvalue weighted by molar-refractivity contribution is -0.131. The van der Waals surface area contributed by atoms with Crippen LogP contribution in [0.5, 0.6) is 5.75 Å². The van der Waals surface area contributed by atoms with Crippen LogP contribution in [-0.2, 0) is 16.0 Å². The third-order valence-corrected chi connectivity index (χ3v) is 5.00. The number of amides is 4. The Labute approximate surface area is 174 Å². The van der Waals surface area contributed by atoms with Crippen LogP contribution in [0.15, 0.2) is 54.6 Å². The zero-order valence-electron chi connectivity index (χ0n) is 16.7. The molecule has 3 rings (SSSR count). The van der Waals surface area contributed by atoms with Gasteiger partial charge < -0.3 is 20.5 Å². The summed E-state index contributed by atoms with van der Waals surface area (Å²) in [5.74, 6) is -0.117. The second-order valence-corrected chi connectivity index (χ2v) is 7.01. The Bertz CT molecular complexity index is 885. The Balaban J connectivity index is 1.54. The molecule has 0 unspecified atom stereocenters. The SMILES string of the molecule is COc1ccc(CCN2C(=O)N[C@H](CC(=O)N[C@H](CO)c3ccccc3)C2=O)cc1. The molecule has 2 aromatic carbocycles. The van der Waals surface area contributed by atoms with Gasteiger partial charge in [-0.2, -0.15) is 0 Å². The Morgan fingerprint density at radius 3 is 2.50 bits per heavy atom. The molecule has 0 aromatic heterocycles. The van der Waals surface area contributed by atoms with Crippen LogP contribution in [0, 0.1) is 0 Å². The normalized spacial score (nSPS) is 16.9. The van der Waals surface area contributed by atoms with E-state index in [2.05, 4.69) is 10.6 Å². The fraction of sp³-hybridized carbons (Fsp3) is 0.318. The number of nitrogens with one attached hydrogen (secondary N) is 2. The summed E-state index contributed by atoms with van der Waals surface area (Å²) in [7, 11) is 1.58. The van der Waals surface area contributed by atoms with Crippen molar-refractivity contribution in [1.82, 2.24) is 15.5 Å². The van der Waals surface area contributed by atoms with Crippen molar-refractivity contribution in [1.29, 1.82) is 0 Å². The first-order valence-corrected chi connectivity index (χ1v) is 9.71. The highest BCUT2D eigenvalue weighted by atomic mass is 16.5. The summed E-state index contributed by atoms with van der Waals surface area (Å²) < 4.78 is 5.11. The van der Waals surface area contributed by atoms with Crippen molar-refractivity contribution in [3.63, 3.8) is 0 Å². The molecule has 1 saturated heterocycles. The van der Waals surface area contributed by atoms with Gasteiger partial charge in [-0.05, 0) is 29.7 Å². The largest absolute Gasteiger partial charge is 0.497 e. The van der Waals surface area contributed by atoms with Crippen molar-refractivity contribution >= 4 is 17.8 Å². The number of nitrogens with zero attached hydrogens (tertiary/aromatic N) is 1. The van der Waals surface area contributed by atoms with Gasteiger partial charge in [-0.3, -0.25) is 14.5 Å². The molecule has 1 fully saturated rings. The number of imide groups is 1. The van der Waals surface area contributed by atoms with Gasteiger partial charge in [0.15, 0.2) is 0 Å². The summed E-state index contributed by atoms with van der Waals surface area (Å²) in [6.45, 7) is -0.0485. The number of carbonyl (C=O) groups excluding carboxylic acids is 3. The van der Waals surface area contributed by atoms with Crippen molar-refractivity contribution in [2.45, 2.75) is 24.9 Å². The van der Waals surface area contributed by atoms with Crippen molar-refractivity contribution in [2.24, 2.45) is 0 Å². The predicted octanol–water partition coefficient (Wildman–Crippen LogP) is 1.40. The van der Waals surface area contributed by atoms with Gasteiger partial charge in [0.25, 0.3) is 5.91 Å². The number of carbonyl (C=O) groups is 3. The third kappa shape index (κ3) is 5.15. The van der Waals surface area contributed by atoms with E-state index in [1.165, 1.54) is 0 Å². The Hall–Kier alpha value is -3.39. The summed E-state index contributed by atoms with van der Waals surface area (Å²) in [4.78, 5) is 38.3. The third-order valence-electron chi connectivity index (χ3n) is 5.00. The second kappa shape index (κ2) is 9.89. The zero-order valence-corrected chi connectivity index (χ0v) is 16.7. The number of hydrogen-bond acceptors (Lipinski definition) is 5. The van der Waals surface area contributed by atoms with Crippen molar-refractivity contribution in [3.05, 3.63) is 65.7 Å². The highest BCUT2D eigenvalue weighted by Gasteiger charge is 2.38. The second-order valence-electron chi connectivity index (χ2n) is 7.01. The summed E-state index contributed by atoms with van der Waals surface area (Å²) in [6.07, 6.45) is 0.315. The minimum absolute atomic E-state index is 0.188. The van der Waals surface area contributed by atoms with E-state index in [1.807, 2.05) is 42.5 Å². The number of rotatable bonds is 9. The van der Waals surface area contributed by atoms with Gasteiger partial charge in [-0.25, -0.2) is 4.79 Å². The van der Waals surface area contributed by atoms with Crippen LogP contribution in [-0.4, -0.2) is 54.2 Å². The Morgan fingerprint density at radius 2 is 1.87 bits per heavy atom. The molecule has 4 amide bonds. The van der Waals surface area contributed by atoms with Crippen molar-refractivity contribution in [2.75, 3.05) is 20.3 Å². The molecule has 1 aliphatic heterocycles. The van der Waals surface area contributed by atoms with E-state index in [0.717, 1.165) is 21.8 Å². The smallest absolute Gasteiger partial charge is 0.324 e. The van der Waals surface area contributed by atoms with Crippen LogP contribution < -0.4 is 15.4 Å². The lowest BCUT2D eigenvalue weighted by atomic mass is 10.1. The van der Waals surface area contributed by atoms with E-state index in [4.69, 9.17) is 4.74 Å². The van der Waals surface area contributed by atoms with Gasteiger partial charge in [0.05, 0.1) is 26.2 Å². The molecule has 30 heavy (non-hydrogen) atoms. The average Bonchev–Trinajstić information content (AvgIpc) is 3.03. The van der Waals surface area contributed by atoms with Crippen LogP contribution in [0.1, 0.15) is 23.6 Å². The topological polar surface area (TPSA) is 108 Å². The summed E-state index contributed by atoms with van der Waals surface area (Å²) in [5, 5.41) is 14.8. The monoisotopic (exact) mass is 411 g/mol. The van der Waals surface area contributed by atoms with Gasteiger partial charge in [0.2, 0.25) is 5.91 Å². The van der Waals surface area contributed by atoms with Gasteiger partial charge in [-0.15, -0.1) is 0 Å². The molecule has 2 aromatic rings. The highest BCUT2D eigenvalue weighted by molar-refractivity contribution is 6.05. The molecule has 0 radical (unpaired) electrons. The molecule has 0 saturated carbocycles. The van der Waals surface area contributed by atoms with Gasteiger partial charge >= 0.3 is 6.03 Å². The summed E-state index contributed by atoms with van der Waals surface area (Å²) in [6, 6.07) is 14.5. The van der Waals surface area contributed by atoms with Crippen LogP contribution >= 0.6 is 0 Å². The first-order chi connectivity index (χ1) is 14.5. The lowest BCUT2D eigenvalue weighted by Crippen LogP contribution is -2.38. The standard InChI is InChI=1S/C22H25N3O5/c1-30-17-9-7-15(8-10-17)11-12-25-21(28)18(24-22(25)29)13-20(27)23-19(14-26)16-5-3-2-4-6-16/h2-10,18-19,26H,11-14H2,1H3,(H,23,27)(H,24,29)/t18-,19-/m1/s1. The number of benzene rings is 2. The minimum atomic E-state index is -0.913. The molecule has 0 spiro atoms. The fourth-order valence-electron chi connectivity index (χ4n) is 3.32. The molecule has 8 nitrogen and oxygen atoms in total. The van der Waals surface area contributed by atoms with Crippen LogP contribution in [0.25, 0.3) is 0 Å². The van der Waals surface area contributed by atoms with E-state index >= 15 is 0 Å². The fourth-order valence-corrected chi connectivity index (χ4v) is 3.32. The molecule has 2 atom stereocenters. The molecule has 3 N–H and O–H groups in total. The quantitative estimate of drug-likeness (QED) is 0.541. The summed E-state index contributed by atoms with van der Waals surface area (Å²) >= 11 is 0. The number of urea groups is 1. The lowest BCUT2D eigenvalue weighted by Gasteiger charge is -2.18. The average molecular weight is 411 g/mol. The highest BCUT2D eigenvalue weighted by Crippen LogP contribution is 2.16. The molecule has 158 valence electrons. The van der Waals surface area contributed by atoms with Gasteiger partial charge in [0.1, 0.15) is 11.8 Å². The Morgan fingerprint density at radius 1 is 1.17 bits per heavy atom. The number of aliphatic hydroxyl groups is 1. The number of ether oxygens (including phenoxy) is 1. The van der Waals surface area contributed by atoms with E-state index in [9.17, 15) is 19.5 Å². The molecular formula is C22H25N3O5. The molecule has 8 heteroatoms. The Kier molecular flexibility index (Phi) is 7.03. The van der Waals surface area contributed by atoms with E-state index in [0.29, 0.717) is 6.42 Å². The van der Waals surface area contributed by atoms with Crippen molar-refractivity contribution in [3.8, 4) is 5.75 Å². The molecule has 1 aliphatic rings. The van der Waals surface area contributed by atoms with E-state index in [-0.39, 0.29) is 19.6 Å². The molecule has 0 aliphatic carbocycles. The number of methoxy groups -OCH3 is 1. The van der Waals surface area contributed by atoms with Crippen molar-refractivity contribution < 1.29 is 24.2 Å². The molecule has 0 bridgehead atoms. The summed E-state index contributed by atoms with van der Waals surface area (Å²) in [5.41, 5.74) is 1.72. The minimum Gasteiger partial charge on any atom is -0.497 e. The number of aliphatic hydroxyl groups excluding tert-OH is 1. The van der Waals surface area contributed by atoms with Crippen LogP contribution in [0.2, 0.25) is 0 Å². The van der Waals surface area contributed by atoms with E-state index in [1.54, 1.807) is 19.2 Å². The molecular weight excluding hydrogens is 386 g/mol. The van der Waals surface area contributed by atoms with Gasteiger partial charge in [0, 0.05) is 6.54 Å². The first-order valence-electron chi connectivity index (χ1n) is 9.71. The van der Waals surface area contributed by atoms with E-state index < -0.39 is 29.9 Å². The maximum atomic E-state index is 12.6. The van der Waals surface area contributed by atoms with Crippen LogP contribution in [0.4, 0.5) is 4.79 Å². The maximum absolute atomic E-state index is 12.6. The maximum Gasteiger partial charge on any atom is 0.324 e. The van der Waals surface area contributed by atoms with Gasteiger partial charge in [-0.1, -0.05) is 42.5 Å². The number of hydrogen-bond donors (Lipinski definition) is 3. The molecule has 1 heterocycles. The zero-order chi connectivity index (χ0) is 21.5. The van der Waals surface area contributed by atoms with Crippen LogP contribution in [0.3, 0.4) is 0 Å². The first kappa shape index (κ1) is 21.3.